The number of carbonyl (C=O) groups is 2. The molecule has 0 spiro atoms. The van der Waals surface area contributed by atoms with Crippen molar-refractivity contribution in [2.45, 2.75) is 109 Å². The minimum absolute atomic E-state index is 0.0660. The normalized spacial score (nSPS) is 20.1. The Morgan fingerprint density at radius 1 is 1.15 bits per heavy atom. The predicted octanol–water partition coefficient (Wildman–Crippen LogP) is 5.60. The summed E-state index contributed by atoms with van der Waals surface area (Å²) in [6.07, 6.45) is 5.59. The molecule has 0 aliphatic heterocycles. The van der Waals surface area contributed by atoms with E-state index in [0.717, 1.165) is 18.4 Å². The second kappa shape index (κ2) is 12.2. The Hall–Kier alpha value is -3.02. The second-order valence-electron chi connectivity index (χ2n) is 12.2. The lowest BCUT2D eigenvalue weighted by Crippen LogP contribution is -2.40. The average molecular weight is 565 g/mol. The number of carboxylic acid groups (broad SMARTS) is 1. The largest absolute Gasteiger partial charge is 0.465 e. The van der Waals surface area contributed by atoms with E-state index in [0.29, 0.717) is 36.6 Å². The van der Waals surface area contributed by atoms with Crippen molar-refractivity contribution < 1.29 is 28.2 Å². The Kier molecular flexibility index (Phi) is 9.16. The molecule has 0 bridgehead atoms. The van der Waals surface area contributed by atoms with Crippen molar-refractivity contribution >= 4 is 17.8 Å². The molecule has 10 nitrogen and oxygen atoms in total. The molecule has 2 amide bonds. The fraction of sp³-hybridized carbons (Fsp3) is 0.714. The summed E-state index contributed by atoms with van der Waals surface area (Å²) in [5.74, 6) is -2.42. The van der Waals surface area contributed by atoms with E-state index in [1.807, 2.05) is 13.0 Å². The summed E-state index contributed by atoms with van der Waals surface area (Å²) in [7, 11) is 0. The van der Waals surface area contributed by atoms with Crippen LogP contribution in [0.1, 0.15) is 102 Å². The standard InChI is InChI=1S/C28H42F2N6O4/c1-5-20(33-25(37)38)10-13-31-23(17-6-7-17)19-14-22-34-21(16-36(22)32-15-19)24(35-26(39)40-27(2,3)4)18-8-11-28(29,30)12-9-18/h14-18,20,23-24,31,33H,5-13H2,1-4H3,(H,35,39)(H,37,38). The molecule has 2 aliphatic carbocycles. The number of rotatable bonds is 11. The van der Waals surface area contributed by atoms with Crippen LogP contribution in [0.4, 0.5) is 18.4 Å². The first-order valence-corrected chi connectivity index (χ1v) is 14.3. The van der Waals surface area contributed by atoms with E-state index in [-0.39, 0.29) is 43.7 Å². The van der Waals surface area contributed by atoms with Gasteiger partial charge in [-0.3, -0.25) is 0 Å². The molecule has 0 radical (unpaired) electrons. The molecule has 4 rings (SSSR count). The molecule has 2 aromatic heterocycles. The van der Waals surface area contributed by atoms with E-state index in [9.17, 15) is 18.4 Å². The zero-order chi connectivity index (χ0) is 29.1. The van der Waals surface area contributed by atoms with Gasteiger partial charge in [-0.2, -0.15) is 5.10 Å². The van der Waals surface area contributed by atoms with Crippen molar-refractivity contribution in [3.63, 3.8) is 0 Å². The third kappa shape index (κ3) is 8.25. The van der Waals surface area contributed by atoms with E-state index in [1.165, 1.54) is 0 Å². The summed E-state index contributed by atoms with van der Waals surface area (Å²) < 4.78 is 35.0. The van der Waals surface area contributed by atoms with Crippen molar-refractivity contribution in [3.8, 4) is 0 Å². The number of amides is 2. The molecule has 4 N–H and O–H groups in total. The third-order valence-electron chi connectivity index (χ3n) is 7.71. The predicted molar refractivity (Wildman–Crippen MR) is 145 cm³/mol. The van der Waals surface area contributed by atoms with Crippen molar-refractivity contribution in [2.75, 3.05) is 6.54 Å². The van der Waals surface area contributed by atoms with Gasteiger partial charge in [0, 0.05) is 24.9 Å². The van der Waals surface area contributed by atoms with Crippen LogP contribution in [0.3, 0.4) is 0 Å². The van der Waals surface area contributed by atoms with Crippen molar-refractivity contribution in [3.05, 3.63) is 29.7 Å². The summed E-state index contributed by atoms with van der Waals surface area (Å²) in [5.41, 5.74) is 1.46. The molecule has 0 saturated heterocycles. The summed E-state index contributed by atoms with van der Waals surface area (Å²) in [4.78, 5) is 28.5. The number of fused-ring (bicyclic) bond motifs is 1. The lowest BCUT2D eigenvalue weighted by molar-refractivity contribution is -0.0500. The number of nitrogens with one attached hydrogen (secondary N) is 3. The van der Waals surface area contributed by atoms with Crippen LogP contribution >= 0.6 is 0 Å². The maximum atomic E-state index is 13.9. The smallest absolute Gasteiger partial charge is 0.408 e. The summed E-state index contributed by atoms with van der Waals surface area (Å²) >= 11 is 0. The van der Waals surface area contributed by atoms with Crippen molar-refractivity contribution in [2.24, 2.45) is 11.8 Å². The lowest BCUT2D eigenvalue weighted by Gasteiger charge is -2.33. The van der Waals surface area contributed by atoms with E-state index >= 15 is 0 Å². The Labute approximate surface area is 233 Å². The van der Waals surface area contributed by atoms with Gasteiger partial charge in [0.05, 0.1) is 24.1 Å². The highest BCUT2D eigenvalue weighted by molar-refractivity contribution is 5.68. The molecule has 2 saturated carbocycles. The Balaban J connectivity index is 1.52. The lowest BCUT2D eigenvalue weighted by atomic mass is 9.81. The molecule has 40 heavy (non-hydrogen) atoms. The van der Waals surface area contributed by atoms with Crippen LogP contribution < -0.4 is 16.0 Å². The number of hydrogen-bond acceptors (Lipinski definition) is 6. The highest BCUT2D eigenvalue weighted by Crippen LogP contribution is 2.42. The summed E-state index contributed by atoms with van der Waals surface area (Å²) in [6.45, 7) is 7.92. The average Bonchev–Trinajstić information content (AvgIpc) is 3.61. The molecule has 2 heterocycles. The number of alkyl carbamates (subject to hydrolysis) is 1. The fourth-order valence-corrected chi connectivity index (χ4v) is 5.45. The van der Waals surface area contributed by atoms with E-state index in [2.05, 4.69) is 21.0 Å². The first-order chi connectivity index (χ1) is 18.8. The number of ether oxygens (including phenoxy) is 1. The first-order valence-electron chi connectivity index (χ1n) is 14.3. The minimum Gasteiger partial charge on any atom is -0.465 e. The Morgan fingerprint density at radius 3 is 2.42 bits per heavy atom. The summed E-state index contributed by atoms with van der Waals surface area (Å²) in [5, 5.41) is 22.7. The molecule has 222 valence electrons. The number of hydrogen-bond donors (Lipinski definition) is 4. The number of alkyl halides is 2. The van der Waals surface area contributed by atoms with Gasteiger partial charge in [0.2, 0.25) is 5.92 Å². The molecule has 0 aromatic carbocycles. The van der Waals surface area contributed by atoms with Gasteiger partial charge in [0.15, 0.2) is 5.65 Å². The van der Waals surface area contributed by atoms with Gasteiger partial charge >= 0.3 is 12.2 Å². The van der Waals surface area contributed by atoms with Gasteiger partial charge in [-0.05, 0) is 89.3 Å². The van der Waals surface area contributed by atoms with Gasteiger partial charge < -0.3 is 25.8 Å². The molecule has 2 fully saturated rings. The molecule has 2 aromatic rings. The molecule has 3 atom stereocenters. The zero-order valence-corrected chi connectivity index (χ0v) is 23.8. The van der Waals surface area contributed by atoms with Crippen molar-refractivity contribution in [1.82, 2.24) is 30.5 Å². The van der Waals surface area contributed by atoms with Gasteiger partial charge in [0.1, 0.15) is 5.60 Å². The zero-order valence-electron chi connectivity index (χ0n) is 23.8. The minimum atomic E-state index is -2.69. The molecule has 2 aliphatic rings. The quantitative estimate of drug-likeness (QED) is 0.280. The van der Waals surface area contributed by atoms with Crippen LogP contribution in [0, 0.1) is 11.8 Å². The molecule has 12 heteroatoms. The number of halogens is 2. The van der Waals surface area contributed by atoms with Gasteiger partial charge in [-0.15, -0.1) is 0 Å². The fourth-order valence-electron chi connectivity index (χ4n) is 5.45. The van der Waals surface area contributed by atoms with E-state index < -0.39 is 29.8 Å². The topological polar surface area (TPSA) is 130 Å². The third-order valence-corrected chi connectivity index (χ3v) is 7.71. The van der Waals surface area contributed by atoms with Crippen LogP contribution in [0.15, 0.2) is 18.5 Å². The first kappa shape index (κ1) is 30.0. The second-order valence-corrected chi connectivity index (χ2v) is 12.2. The monoisotopic (exact) mass is 564 g/mol. The highest BCUT2D eigenvalue weighted by atomic mass is 19.3. The molecular weight excluding hydrogens is 522 g/mol. The van der Waals surface area contributed by atoms with Gasteiger partial charge in [-0.25, -0.2) is 27.9 Å². The molecule has 3 unspecified atom stereocenters. The summed E-state index contributed by atoms with van der Waals surface area (Å²) in [6, 6.07) is 1.34. The number of aromatic nitrogens is 3. The van der Waals surface area contributed by atoms with E-state index in [4.69, 9.17) is 14.8 Å². The van der Waals surface area contributed by atoms with Gasteiger partial charge in [0.25, 0.3) is 0 Å². The SMILES string of the molecule is CCC(CCNC(c1cnn2cc(C(NC(=O)OC(C)(C)C)C3CCC(F)(F)CC3)nc2c1)C1CC1)NC(=O)O. The maximum absolute atomic E-state index is 13.9. The number of imidazole rings is 1. The van der Waals surface area contributed by atoms with Crippen molar-refractivity contribution in [1.29, 1.82) is 0 Å². The maximum Gasteiger partial charge on any atom is 0.408 e. The molecular formula is C28H42F2N6O4. The van der Waals surface area contributed by atoms with Crippen LogP contribution in [0.2, 0.25) is 0 Å². The Bertz CT molecular complexity index is 1170. The van der Waals surface area contributed by atoms with Crippen LogP contribution in [0.25, 0.3) is 5.65 Å². The van der Waals surface area contributed by atoms with Crippen LogP contribution in [-0.4, -0.2) is 56.0 Å². The number of carbonyl (C=O) groups excluding carboxylic acids is 1. The van der Waals surface area contributed by atoms with Crippen LogP contribution in [-0.2, 0) is 4.74 Å². The Morgan fingerprint density at radius 2 is 1.82 bits per heavy atom. The van der Waals surface area contributed by atoms with Crippen LogP contribution in [0.5, 0.6) is 0 Å². The highest BCUT2D eigenvalue weighted by Gasteiger charge is 2.40. The number of nitrogens with zero attached hydrogens (tertiary/aromatic N) is 3. The van der Waals surface area contributed by atoms with Gasteiger partial charge in [-0.1, -0.05) is 6.92 Å². The van der Waals surface area contributed by atoms with E-state index in [1.54, 1.807) is 37.7 Å².